The summed E-state index contributed by atoms with van der Waals surface area (Å²) < 4.78 is 0. The Morgan fingerprint density at radius 2 is 2.00 bits per heavy atom. The van der Waals surface area contributed by atoms with Crippen molar-refractivity contribution < 1.29 is 9.59 Å². The molecule has 0 aromatic heterocycles. The molecule has 0 spiro atoms. The molecule has 0 unspecified atom stereocenters. The molecule has 0 radical (unpaired) electrons. The first-order valence-corrected chi connectivity index (χ1v) is 4.27. The summed E-state index contributed by atoms with van der Waals surface area (Å²) in [6.07, 6.45) is 3.74. The molecule has 0 atom stereocenters. The van der Waals surface area contributed by atoms with Crippen LogP contribution in [0.25, 0.3) is 6.08 Å². The van der Waals surface area contributed by atoms with Crippen LogP contribution in [-0.4, -0.2) is 18.7 Å². The zero-order valence-corrected chi connectivity index (χ0v) is 7.64. The zero-order chi connectivity index (χ0) is 10.2. The van der Waals surface area contributed by atoms with Gasteiger partial charge in [-0.1, -0.05) is 30.3 Å². The van der Waals surface area contributed by atoms with Crippen molar-refractivity contribution in [2.75, 3.05) is 6.54 Å². The Balaban J connectivity index is 2.48. The van der Waals surface area contributed by atoms with Gasteiger partial charge in [-0.25, -0.2) is 0 Å². The van der Waals surface area contributed by atoms with Gasteiger partial charge < -0.3 is 10.1 Å². The van der Waals surface area contributed by atoms with Crippen molar-refractivity contribution in [3.05, 3.63) is 42.0 Å². The van der Waals surface area contributed by atoms with E-state index in [2.05, 4.69) is 5.32 Å². The Bertz CT molecular complexity index is 330. The van der Waals surface area contributed by atoms with E-state index < -0.39 is 0 Å². The maximum atomic E-state index is 11.0. The van der Waals surface area contributed by atoms with Crippen LogP contribution in [0.4, 0.5) is 0 Å². The maximum Gasteiger partial charge on any atom is 0.244 e. The zero-order valence-electron chi connectivity index (χ0n) is 7.64. The third kappa shape index (κ3) is 3.67. The van der Waals surface area contributed by atoms with E-state index in [1.54, 1.807) is 6.08 Å². The van der Waals surface area contributed by atoms with Gasteiger partial charge in [0.15, 0.2) is 0 Å². The molecule has 1 amide bonds. The van der Waals surface area contributed by atoms with Crippen LogP contribution in [0.5, 0.6) is 0 Å². The fraction of sp³-hybridized carbons (Fsp3) is 0.0909. The first-order chi connectivity index (χ1) is 6.83. The van der Waals surface area contributed by atoms with Gasteiger partial charge >= 0.3 is 0 Å². The van der Waals surface area contributed by atoms with E-state index in [1.807, 2.05) is 30.3 Å². The summed E-state index contributed by atoms with van der Waals surface area (Å²) in [5, 5.41) is 2.41. The monoisotopic (exact) mass is 189 g/mol. The summed E-state index contributed by atoms with van der Waals surface area (Å²) in [5.41, 5.74) is 0.953. The first-order valence-electron chi connectivity index (χ1n) is 4.27. The molecule has 72 valence electrons. The lowest BCUT2D eigenvalue weighted by Gasteiger charge is -1.94. The van der Waals surface area contributed by atoms with Gasteiger partial charge in [0.05, 0.1) is 6.54 Å². The van der Waals surface area contributed by atoms with Gasteiger partial charge in [0.2, 0.25) is 5.91 Å². The molecule has 1 aromatic rings. The SMILES string of the molecule is O=CCNC(=O)/C=C/c1ccccc1. The van der Waals surface area contributed by atoms with E-state index in [0.717, 1.165) is 5.56 Å². The lowest BCUT2D eigenvalue weighted by molar-refractivity contribution is -0.118. The quantitative estimate of drug-likeness (QED) is 0.567. The van der Waals surface area contributed by atoms with Gasteiger partial charge in [-0.2, -0.15) is 0 Å². The van der Waals surface area contributed by atoms with Crippen LogP contribution in [0.1, 0.15) is 5.56 Å². The van der Waals surface area contributed by atoms with Crippen LogP contribution in [0.15, 0.2) is 36.4 Å². The average molecular weight is 189 g/mol. The maximum absolute atomic E-state index is 11.0. The van der Waals surface area contributed by atoms with E-state index in [1.165, 1.54) is 6.08 Å². The number of carbonyl (C=O) groups excluding carboxylic acids is 2. The van der Waals surface area contributed by atoms with Crippen molar-refractivity contribution in [2.24, 2.45) is 0 Å². The number of nitrogens with one attached hydrogen (secondary N) is 1. The molecule has 0 fully saturated rings. The van der Waals surface area contributed by atoms with Gasteiger partial charge in [0, 0.05) is 6.08 Å². The van der Waals surface area contributed by atoms with Crippen molar-refractivity contribution in [3.63, 3.8) is 0 Å². The third-order valence-electron chi connectivity index (χ3n) is 1.59. The van der Waals surface area contributed by atoms with E-state index in [0.29, 0.717) is 6.29 Å². The van der Waals surface area contributed by atoms with Crippen LogP contribution >= 0.6 is 0 Å². The minimum absolute atomic E-state index is 0.0535. The second-order valence-electron chi connectivity index (χ2n) is 2.66. The Morgan fingerprint density at radius 3 is 2.64 bits per heavy atom. The molecule has 0 aliphatic rings. The van der Waals surface area contributed by atoms with Gasteiger partial charge in [0.25, 0.3) is 0 Å². The molecular formula is C11H11NO2. The summed E-state index contributed by atoms with van der Waals surface area (Å²) in [4.78, 5) is 21.0. The van der Waals surface area contributed by atoms with Gasteiger partial charge in [0.1, 0.15) is 6.29 Å². The summed E-state index contributed by atoms with van der Waals surface area (Å²) in [6, 6.07) is 9.48. The van der Waals surface area contributed by atoms with E-state index in [4.69, 9.17) is 0 Å². The molecule has 1 rings (SSSR count). The third-order valence-corrected chi connectivity index (χ3v) is 1.59. The molecule has 0 heterocycles. The highest BCUT2D eigenvalue weighted by atomic mass is 16.2. The molecule has 3 nitrogen and oxygen atoms in total. The molecule has 0 aliphatic heterocycles. The number of rotatable bonds is 4. The lowest BCUT2D eigenvalue weighted by atomic mass is 10.2. The van der Waals surface area contributed by atoms with Gasteiger partial charge in [-0.15, -0.1) is 0 Å². The number of amides is 1. The molecule has 14 heavy (non-hydrogen) atoms. The summed E-state index contributed by atoms with van der Waals surface area (Å²) in [6.45, 7) is 0.0535. The molecule has 3 heteroatoms. The van der Waals surface area contributed by atoms with Gasteiger partial charge in [-0.3, -0.25) is 4.79 Å². The Labute approximate surface area is 82.4 Å². The topological polar surface area (TPSA) is 46.2 Å². The molecule has 0 bridgehead atoms. The van der Waals surface area contributed by atoms with Crippen molar-refractivity contribution in [2.45, 2.75) is 0 Å². The summed E-state index contributed by atoms with van der Waals surface area (Å²) in [5.74, 6) is -0.263. The standard InChI is InChI=1S/C11H11NO2/c13-9-8-12-11(14)7-6-10-4-2-1-3-5-10/h1-7,9H,8H2,(H,12,14)/b7-6+. The van der Waals surface area contributed by atoms with Crippen LogP contribution in [0.2, 0.25) is 0 Å². The Morgan fingerprint density at radius 1 is 1.29 bits per heavy atom. The fourth-order valence-electron chi connectivity index (χ4n) is 0.937. The normalized spacial score (nSPS) is 10.0. The smallest absolute Gasteiger partial charge is 0.244 e. The van der Waals surface area contributed by atoms with Crippen LogP contribution in [0.3, 0.4) is 0 Å². The first kappa shape index (κ1) is 10.2. The Hall–Kier alpha value is -1.90. The van der Waals surface area contributed by atoms with E-state index in [-0.39, 0.29) is 12.5 Å². The molecule has 1 aromatic carbocycles. The molecule has 0 saturated carbocycles. The predicted molar refractivity (Wildman–Crippen MR) is 54.5 cm³/mol. The number of hydrogen-bond acceptors (Lipinski definition) is 2. The van der Waals surface area contributed by atoms with Crippen LogP contribution < -0.4 is 5.32 Å². The number of hydrogen-bond donors (Lipinski definition) is 1. The highest BCUT2D eigenvalue weighted by Gasteiger charge is 1.91. The number of aldehydes is 1. The second-order valence-corrected chi connectivity index (χ2v) is 2.66. The molecular weight excluding hydrogens is 178 g/mol. The lowest BCUT2D eigenvalue weighted by Crippen LogP contribution is -2.22. The highest BCUT2D eigenvalue weighted by molar-refractivity contribution is 5.92. The predicted octanol–water partition coefficient (Wildman–Crippen LogP) is 1.01. The van der Waals surface area contributed by atoms with Crippen molar-refractivity contribution in [3.8, 4) is 0 Å². The van der Waals surface area contributed by atoms with Gasteiger partial charge in [-0.05, 0) is 11.6 Å². The van der Waals surface area contributed by atoms with Crippen LogP contribution in [-0.2, 0) is 9.59 Å². The molecule has 0 aliphatic carbocycles. The number of benzene rings is 1. The summed E-state index contributed by atoms with van der Waals surface area (Å²) in [7, 11) is 0. The average Bonchev–Trinajstić information content (AvgIpc) is 2.25. The fourth-order valence-corrected chi connectivity index (χ4v) is 0.937. The van der Waals surface area contributed by atoms with Crippen molar-refractivity contribution in [1.29, 1.82) is 0 Å². The highest BCUT2D eigenvalue weighted by Crippen LogP contribution is 2.00. The summed E-state index contributed by atoms with van der Waals surface area (Å²) >= 11 is 0. The largest absolute Gasteiger partial charge is 0.346 e. The Kier molecular flexibility index (Phi) is 4.14. The van der Waals surface area contributed by atoms with E-state index in [9.17, 15) is 9.59 Å². The molecule has 0 saturated heterocycles. The minimum atomic E-state index is -0.263. The van der Waals surface area contributed by atoms with Crippen molar-refractivity contribution in [1.82, 2.24) is 5.32 Å². The molecule has 1 N–H and O–H groups in total. The minimum Gasteiger partial charge on any atom is -0.346 e. The second kappa shape index (κ2) is 5.70. The van der Waals surface area contributed by atoms with Crippen molar-refractivity contribution >= 4 is 18.3 Å². The number of carbonyl (C=O) groups is 2. The van der Waals surface area contributed by atoms with Crippen LogP contribution in [0, 0.1) is 0 Å². The van der Waals surface area contributed by atoms with E-state index >= 15 is 0 Å².